The van der Waals surface area contributed by atoms with Crippen LogP contribution in [0.25, 0.3) is 0 Å². The van der Waals surface area contributed by atoms with E-state index in [1.54, 1.807) is 13.8 Å². The van der Waals surface area contributed by atoms with Crippen LogP contribution in [0.3, 0.4) is 0 Å². The fourth-order valence-electron chi connectivity index (χ4n) is 1.99. The molecule has 0 saturated carbocycles. The van der Waals surface area contributed by atoms with E-state index in [2.05, 4.69) is 5.32 Å². The molecule has 138 valence electrons. The molecule has 1 N–H and O–H groups in total. The van der Waals surface area contributed by atoms with E-state index in [0.29, 0.717) is 6.61 Å². The van der Waals surface area contributed by atoms with Gasteiger partial charge in [-0.15, -0.1) is 0 Å². The molecule has 0 unspecified atom stereocenters. The minimum atomic E-state index is -0.798. The fraction of sp³-hybridized carbons (Fsp3) is 0.500. The minimum absolute atomic E-state index is 0.0297. The number of amides is 1. The lowest BCUT2D eigenvalue weighted by molar-refractivity contribution is -0.151. The summed E-state index contributed by atoms with van der Waals surface area (Å²) in [7, 11) is 0. The highest BCUT2D eigenvalue weighted by atomic mass is 16.6. The molecule has 1 amide bonds. The maximum Gasteiger partial charge on any atom is 0.344 e. The highest BCUT2D eigenvalue weighted by Crippen LogP contribution is 2.28. The number of esters is 2. The summed E-state index contributed by atoms with van der Waals surface area (Å²) >= 11 is 0. The average molecular weight is 355 g/mol. The van der Waals surface area contributed by atoms with Crippen LogP contribution in [0.4, 0.5) is 5.88 Å². The number of ether oxygens (including phenoxy) is 3. The van der Waals surface area contributed by atoms with Crippen LogP contribution in [0.5, 0.6) is 0 Å². The van der Waals surface area contributed by atoms with E-state index in [-0.39, 0.29) is 36.0 Å². The van der Waals surface area contributed by atoms with Crippen molar-refractivity contribution >= 4 is 29.5 Å². The molecule has 1 aromatic rings. The fourth-order valence-corrected chi connectivity index (χ4v) is 1.99. The standard InChI is InChI=1S/C16H21NO8/c1-5-22-8-12(20)24-7-11(19)17-15-14(16(21)23-6-2)13(9(3)18)10(4)25-15/h5-8H2,1-4H3,(H,17,19). The average Bonchev–Trinajstić information content (AvgIpc) is 2.87. The van der Waals surface area contributed by atoms with Crippen molar-refractivity contribution in [3.05, 3.63) is 16.9 Å². The maximum atomic E-state index is 12.1. The predicted octanol–water partition coefficient (Wildman–Crippen LogP) is 1.49. The van der Waals surface area contributed by atoms with Gasteiger partial charge in [-0.05, 0) is 27.7 Å². The zero-order valence-electron chi connectivity index (χ0n) is 14.6. The zero-order chi connectivity index (χ0) is 19.0. The third-order valence-electron chi connectivity index (χ3n) is 2.96. The van der Waals surface area contributed by atoms with Crippen LogP contribution in [0.1, 0.15) is 47.2 Å². The number of anilines is 1. The molecule has 0 bridgehead atoms. The molecule has 0 aromatic carbocycles. The SMILES string of the molecule is CCOCC(=O)OCC(=O)Nc1oc(C)c(C(C)=O)c1C(=O)OCC. The van der Waals surface area contributed by atoms with Gasteiger partial charge in [-0.2, -0.15) is 0 Å². The number of aryl methyl sites for hydroxylation is 1. The minimum Gasteiger partial charge on any atom is -0.462 e. The van der Waals surface area contributed by atoms with Gasteiger partial charge in [0, 0.05) is 6.61 Å². The third-order valence-corrected chi connectivity index (χ3v) is 2.96. The lowest BCUT2D eigenvalue weighted by Gasteiger charge is -2.07. The van der Waals surface area contributed by atoms with E-state index in [0.717, 1.165) is 0 Å². The largest absolute Gasteiger partial charge is 0.462 e. The quantitative estimate of drug-likeness (QED) is 0.522. The van der Waals surface area contributed by atoms with Crippen molar-refractivity contribution in [2.24, 2.45) is 0 Å². The second-order valence-corrected chi connectivity index (χ2v) is 4.86. The van der Waals surface area contributed by atoms with E-state index < -0.39 is 30.2 Å². The van der Waals surface area contributed by atoms with Crippen molar-refractivity contribution < 1.29 is 37.8 Å². The first kappa shape index (κ1) is 20.4. The number of Topliss-reactive ketones (excluding diaryl/α,β-unsaturated/α-hetero) is 1. The van der Waals surface area contributed by atoms with Crippen molar-refractivity contribution in [2.45, 2.75) is 27.7 Å². The Morgan fingerprint density at radius 2 is 1.68 bits per heavy atom. The molecule has 0 fully saturated rings. The number of ketones is 1. The smallest absolute Gasteiger partial charge is 0.344 e. The molecule has 1 heterocycles. The Kier molecular flexibility index (Phi) is 7.80. The van der Waals surface area contributed by atoms with Crippen molar-refractivity contribution in [3.8, 4) is 0 Å². The highest BCUT2D eigenvalue weighted by Gasteiger charge is 2.28. The lowest BCUT2D eigenvalue weighted by Crippen LogP contribution is -2.23. The summed E-state index contributed by atoms with van der Waals surface area (Å²) in [6.07, 6.45) is 0. The monoisotopic (exact) mass is 355 g/mol. The number of rotatable bonds is 9. The Hall–Kier alpha value is -2.68. The molecule has 0 spiro atoms. The summed E-state index contributed by atoms with van der Waals surface area (Å²) in [4.78, 5) is 47.0. The molecule has 1 aromatic heterocycles. The molecular formula is C16H21NO8. The Morgan fingerprint density at radius 1 is 1.00 bits per heavy atom. The Morgan fingerprint density at radius 3 is 2.24 bits per heavy atom. The van der Waals surface area contributed by atoms with E-state index in [9.17, 15) is 19.2 Å². The molecule has 0 aliphatic rings. The summed E-state index contributed by atoms with van der Waals surface area (Å²) in [5, 5.41) is 2.30. The third kappa shape index (κ3) is 5.71. The van der Waals surface area contributed by atoms with Gasteiger partial charge < -0.3 is 18.6 Å². The number of carbonyl (C=O) groups excluding carboxylic acids is 4. The van der Waals surface area contributed by atoms with Gasteiger partial charge in [-0.25, -0.2) is 9.59 Å². The number of hydrogen-bond donors (Lipinski definition) is 1. The first-order valence-electron chi connectivity index (χ1n) is 7.66. The van der Waals surface area contributed by atoms with Crippen molar-refractivity contribution in [3.63, 3.8) is 0 Å². The van der Waals surface area contributed by atoms with Gasteiger partial charge in [0.25, 0.3) is 5.91 Å². The Labute approximate surface area is 144 Å². The van der Waals surface area contributed by atoms with Gasteiger partial charge in [0.05, 0.1) is 12.2 Å². The normalized spacial score (nSPS) is 10.2. The van der Waals surface area contributed by atoms with Crippen LogP contribution in [0, 0.1) is 6.92 Å². The van der Waals surface area contributed by atoms with Gasteiger partial charge in [-0.1, -0.05) is 0 Å². The summed E-state index contributed by atoms with van der Waals surface area (Å²) in [6.45, 7) is 5.62. The molecular weight excluding hydrogens is 334 g/mol. The van der Waals surface area contributed by atoms with Gasteiger partial charge in [0.2, 0.25) is 5.88 Å². The molecule has 9 nitrogen and oxygen atoms in total. The van der Waals surface area contributed by atoms with Gasteiger partial charge in [0.15, 0.2) is 12.4 Å². The number of furan rings is 1. The van der Waals surface area contributed by atoms with Crippen molar-refractivity contribution in [1.29, 1.82) is 0 Å². The van der Waals surface area contributed by atoms with Crippen molar-refractivity contribution in [1.82, 2.24) is 0 Å². The first-order chi connectivity index (χ1) is 11.8. The van der Waals surface area contributed by atoms with Crippen LogP contribution >= 0.6 is 0 Å². The van der Waals surface area contributed by atoms with Gasteiger partial charge >= 0.3 is 11.9 Å². The molecule has 0 aliphatic heterocycles. The molecule has 0 atom stereocenters. The molecule has 9 heteroatoms. The predicted molar refractivity (Wildman–Crippen MR) is 85.5 cm³/mol. The second kappa shape index (κ2) is 9.58. The van der Waals surface area contributed by atoms with E-state index in [4.69, 9.17) is 18.6 Å². The number of hydrogen-bond acceptors (Lipinski definition) is 8. The highest BCUT2D eigenvalue weighted by molar-refractivity contribution is 6.10. The molecule has 1 rings (SSSR count). The van der Waals surface area contributed by atoms with Crippen LogP contribution < -0.4 is 5.32 Å². The van der Waals surface area contributed by atoms with Gasteiger partial charge in [0.1, 0.15) is 17.9 Å². The number of nitrogens with one attached hydrogen (secondary N) is 1. The second-order valence-electron chi connectivity index (χ2n) is 4.86. The molecule has 0 aliphatic carbocycles. The van der Waals surface area contributed by atoms with Crippen molar-refractivity contribution in [2.75, 3.05) is 31.7 Å². The van der Waals surface area contributed by atoms with Crippen LogP contribution in [-0.2, 0) is 23.8 Å². The van der Waals surface area contributed by atoms with Gasteiger partial charge in [-0.3, -0.25) is 14.9 Å². The van der Waals surface area contributed by atoms with E-state index >= 15 is 0 Å². The van der Waals surface area contributed by atoms with E-state index in [1.807, 2.05) is 0 Å². The van der Waals surface area contributed by atoms with E-state index in [1.165, 1.54) is 13.8 Å². The Balaban J connectivity index is 2.88. The number of carbonyl (C=O) groups is 4. The zero-order valence-corrected chi connectivity index (χ0v) is 14.6. The summed E-state index contributed by atoms with van der Waals surface area (Å²) in [6, 6.07) is 0. The maximum absolute atomic E-state index is 12.1. The summed E-state index contributed by atoms with van der Waals surface area (Å²) in [5.74, 6) is -2.71. The molecule has 0 saturated heterocycles. The molecule has 25 heavy (non-hydrogen) atoms. The molecule has 0 radical (unpaired) electrons. The van der Waals surface area contributed by atoms with Crippen LogP contribution in [-0.4, -0.2) is 50.1 Å². The first-order valence-corrected chi connectivity index (χ1v) is 7.66. The Bertz CT molecular complexity index is 661. The summed E-state index contributed by atoms with van der Waals surface area (Å²) in [5.41, 5.74) is -0.136. The lowest BCUT2D eigenvalue weighted by atomic mass is 10.1. The van der Waals surface area contributed by atoms with Crippen LogP contribution in [0.2, 0.25) is 0 Å². The summed E-state index contributed by atoms with van der Waals surface area (Å²) < 4.78 is 19.7. The van der Waals surface area contributed by atoms with Crippen LogP contribution in [0.15, 0.2) is 4.42 Å². The topological polar surface area (TPSA) is 121 Å².